The van der Waals surface area contributed by atoms with Gasteiger partial charge >= 0.3 is 5.63 Å². The number of hydrogen-bond acceptors (Lipinski definition) is 6. The largest absolute Gasteiger partial charge is 0.548 e. The summed E-state index contributed by atoms with van der Waals surface area (Å²) in [5.74, 6) is -1.51. The average molecular weight is 429 g/mol. The number of ether oxygens (including phenoxy) is 1. The van der Waals surface area contributed by atoms with Gasteiger partial charge in [-0.25, -0.2) is 4.79 Å². The molecule has 0 saturated heterocycles. The number of methoxy groups -OCH3 is 1. The predicted octanol–water partition coefficient (Wildman–Crippen LogP) is 1.78. The van der Waals surface area contributed by atoms with Gasteiger partial charge in [0.15, 0.2) is 0 Å². The first-order chi connectivity index (χ1) is 14.3. The molecule has 1 aromatic heterocycles. The van der Waals surface area contributed by atoms with Crippen molar-refractivity contribution >= 4 is 34.4 Å². The molecule has 0 radical (unpaired) electrons. The van der Waals surface area contributed by atoms with E-state index in [1.807, 2.05) is 0 Å². The Hall–Kier alpha value is -3.32. The van der Waals surface area contributed by atoms with E-state index >= 15 is 0 Å². The zero-order valence-corrected chi connectivity index (χ0v) is 17.1. The first-order valence-electron chi connectivity index (χ1n) is 9.13. The monoisotopic (exact) mass is 428 g/mol. The molecular weight excluding hydrogens is 410 g/mol. The topological polar surface area (TPSA) is 109 Å². The Morgan fingerprint density at radius 1 is 1.20 bits per heavy atom. The van der Waals surface area contributed by atoms with Crippen LogP contribution in [0.1, 0.15) is 16.7 Å². The summed E-state index contributed by atoms with van der Waals surface area (Å²) in [5.41, 5.74) is 1.10. The number of amides is 1. The molecular formula is C22H19ClNO6-. The third-order valence-corrected chi connectivity index (χ3v) is 5.06. The van der Waals surface area contributed by atoms with E-state index in [4.69, 9.17) is 20.8 Å². The first-order valence-corrected chi connectivity index (χ1v) is 9.51. The molecule has 0 aliphatic carbocycles. The molecule has 1 atom stereocenters. The summed E-state index contributed by atoms with van der Waals surface area (Å²) in [6.07, 6.45) is -0.295. The zero-order chi connectivity index (χ0) is 21.8. The lowest BCUT2D eigenvalue weighted by Gasteiger charge is -2.20. The summed E-state index contributed by atoms with van der Waals surface area (Å²) < 4.78 is 10.4. The van der Waals surface area contributed by atoms with Crippen LogP contribution in [0.25, 0.3) is 11.0 Å². The normalized spacial score (nSPS) is 11.8. The van der Waals surface area contributed by atoms with E-state index in [0.29, 0.717) is 32.9 Å². The Bertz CT molecular complexity index is 1150. The Balaban J connectivity index is 1.80. The van der Waals surface area contributed by atoms with Gasteiger partial charge < -0.3 is 24.4 Å². The van der Waals surface area contributed by atoms with Crippen LogP contribution in [0.3, 0.4) is 0 Å². The van der Waals surface area contributed by atoms with Crippen molar-refractivity contribution in [2.45, 2.75) is 25.8 Å². The van der Waals surface area contributed by atoms with Crippen molar-refractivity contribution in [3.05, 3.63) is 74.6 Å². The van der Waals surface area contributed by atoms with E-state index in [2.05, 4.69) is 5.32 Å². The summed E-state index contributed by atoms with van der Waals surface area (Å²) in [6, 6.07) is 10.4. The molecule has 3 rings (SSSR count). The molecule has 156 valence electrons. The van der Waals surface area contributed by atoms with E-state index in [1.54, 1.807) is 49.4 Å². The maximum absolute atomic E-state index is 12.5. The standard InChI is InChI=1S/C22H20ClNO6/c1-12-16-8-7-15(29-2)10-19(16)30-22(28)17(12)11-20(25)24-18(21(26)27)9-13-3-5-14(23)6-4-13/h3-8,10,18H,9,11H2,1-2H3,(H,24,25)(H,26,27)/p-1/t18-/m1/s1. The average Bonchev–Trinajstić information content (AvgIpc) is 2.71. The number of carboxylic acids is 1. The van der Waals surface area contributed by atoms with Crippen molar-refractivity contribution < 1.29 is 23.8 Å². The fourth-order valence-electron chi connectivity index (χ4n) is 3.16. The number of halogens is 1. The van der Waals surface area contributed by atoms with Crippen molar-refractivity contribution in [3.8, 4) is 5.75 Å². The second-order valence-electron chi connectivity index (χ2n) is 6.80. The number of hydrogen-bond donors (Lipinski definition) is 1. The third kappa shape index (κ3) is 4.80. The van der Waals surface area contributed by atoms with Crippen molar-refractivity contribution in [2.24, 2.45) is 0 Å². The van der Waals surface area contributed by atoms with Gasteiger partial charge in [-0.3, -0.25) is 4.79 Å². The number of carbonyl (C=O) groups excluding carboxylic acids is 2. The van der Waals surface area contributed by atoms with Gasteiger partial charge in [-0.15, -0.1) is 0 Å². The Morgan fingerprint density at radius 2 is 1.90 bits per heavy atom. The number of aliphatic carboxylic acids is 1. The van der Waals surface area contributed by atoms with E-state index < -0.39 is 23.5 Å². The van der Waals surface area contributed by atoms with Crippen LogP contribution >= 0.6 is 11.6 Å². The third-order valence-electron chi connectivity index (χ3n) is 4.80. The van der Waals surface area contributed by atoms with Crippen LogP contribution in [0.2, 0.25) is 5.02 Å². The van der Waals surface area contributed by atoms with Gasteiger partial charge in [-0.05, 0) is 48.7 Å². The molecule has 2 aromatic carbocycles. The van der Waals surface area contributed by atoms with Crippen LogP contribution in [0, 0.1) is 6.92 Å². The highest BCUT2D eigenvalue weighted by Crippen LogP contribution is 2.24. The molecule has 1 N–H and O–H groups in total. The Kier molecular flexibility index (Phi) is 6.42. The SMILES string of the molecule is COc1ccc2c(C)c(CC(=O)N[C@H](Cc3ccc(Cl)cc3)C(=O)[O-])c(=O)oc2c1. The molecule has 3 aromatic rings. The van der Waals surface area contributed by atoms with Gasteiger partial charge in [0.2, 0.25) is 5.91 Å². The number of rotatable bonds is 7. The maximum atomic E-state index is 12.5. The van der Waals surface area contributed by atoms with E-state index in [1.165, 1.54) is 7.11 Å². The van der Waals surface area contributed by atoms with Crippen molar-refractivity contribution in [1.29, 1.82) is 0 Å². The summed E-state index contributed by atoms with van der Waals surface area (Å²) in [6.45, 7) is 1.71. The van der Waals surface area contributed by atoms with Gasteiger partial charge in [0.1, 0.15) is 11.3 Å². The van der Waals surface area contributed by atoms with Gasteiger partial charge in [-0.2, -0.15) is 0 Å². The van der Waals surface area contributed by atoms with Crippen molar-refractivity contribution in [3.63, 3.8) is 0 Å². The Morgan fingerprint density at radius 3 is 2.53 bits per heavy atom. The smallest absolute Gasteiger partial charge is 0.340 e. The fraction of sp³-hybridized carbons (Fsp3) is 0.227. The van der Waals surface area contributed by atoms with Gasteiger partial charge in [-0.1, -0.05) is 23.7 Å². The second-order valence-corrected chi connectivity index (χ2v) is 7.24. The molecule has 0 fully saturated rings. The van der Waals surface area contributed by atoms with Gasteiger partial charge in [0.05, 0.1) is 31.1 Å². The van der Waals surface area contributed by atoms with E-state index in [9.17, 15) is 19.5 Å². The molecule has 1 amide bonds. The number of aryl methyl sites for hydroxylation is 1. The summed E-state index contributed by atoms with van der Waals surface area (Å²) in [5, 5.41) is 15.1. The highest BCUT2D eigenvalue weighted by atomic mass is 35.5. The second kappa shape index (κ2) is 9.00. The van der Waals surface area contributed by atoms with Crippen LogP contribution in [0.15, 0.2) is 51.7 Å². The maximum Gasteiger partial charge on any atom is 0.340 e. The van der Waals surface area contributed by atoms with Crippen LogP contribution in [-0.2, 0) is 22.4 Å². The molecule has 0 spiro atoms. The number of fused-ring (bicyclic) bond motifs is 1. The number of carbonyl (C=O) groups is 2. The highest BCUT2D eigenvalue weighted by molar-refractivity contribution is 6.30. The van der Waals surface area contributed by atoms with Crippen LogP contribution in [-0.4, -0.2) is 25.0 Å². The molecule has 1 heterocycles. The predicted molar refractivity (Wildman–Crippen MR) is 110 cm³/mol. The molecule has 30 heavy (non-hydrogen) atoms. The summed E-state index contributed by atoms with van der Waals surface area (Å²) in [7, 11) is 1.50. The molecule has 0 aliphatic rings. The van der Waals surface area contributed by atoms with Crippen LogP contribution in [0.5, 0.6) is 5.75 Å². The lowest BCUT2D eigenvalue weighted by atomic mass is 10.0. The lowest BCUT2D eigenvalue weighted by Crippen LogP contribution is -2.49. The quantitative estimate of drug-likeness (QED) is 0.574. The summed E-state index contributed by atoms with van der Waals surface area (Å²) >= 11 is 5.83. The zero-order valence-electron chi connectivity index (χ0n) is 16.4. The van der Waals surface area contributed by atoms with E-state index in [0.717, 1.165) is 0 Å². The minimum atomic E-state index is -1.42. The summed E-state index contributed by atoms with van der Waals surface area (Å²) in [4.78, 5) is 36.4. The van der Waals surface area contributed by atoms with E-state index in [-0.39, 0.29) is 18.4 Å². The number of nitrogens with one attached hydrogen (secondary N) is 1. The molecule has 0 aliphatic heterocycles. The number of carboxylic acid groups (broad SMARTS) is 1. The Labute approximate surface area is 177 Å². The van der Waals surface area contributed by atoms with Crippen molar-refractivity contribution in [1.82, 2.24) is 5.32 Å². The van der Waals surface area contributed by atoms with Gasteiger partial charge in [0, 0.05) is 16.5 Å². The fourth-order valence-corrected chi connectivity index (χ4v) is 3.29. The molecule has 0 saturated carbocycles. The lowest BCUT2D eigenvalue weighted by molar-refractivity contribution is -0.308. The number of benzene rings is 2. The highest BCUT2D eigenvalue weighted by Gasteiger charge is 2.19. The molecule has 0 bridgehead atoms. The first kappa shape index (κ1) is 21.4. The molecule has 0 unspecified atom stereocenters. The van der Waals surface area contributed by atoms with Crippen molar-refractivity contribution in [2.75, 3.05) is 7.11 Å². The minimum Gasteiger partial charge on any atom is -0.548 e. The van der Waals surface area contributed by atoms with Gasteiger partial charge in [0.25, 0.3) is 0 Å². The molecule has 7 nitrogen and oxygen atoms in total. The minimum absolute atomic E-state index is 0.0242. The molecule has 8 heteroatoms. The van der Waals surface area contributed by atoms with Crippen LogP contribution < -0.4 is 20.8 Å². The van der Waals surface area contributed by atoms with Crippen LogP contribution in [0.4, 0.5) is 0 Å².